The summed E-state index contributed by atoms with van der Waals surface area (Å²) >= 11 is 0. The van der Waals surface area contributed by atoms with E-state index in [1.54, 1.807) is 0 Å². The van der Waals surface area contributed by atoms with Gasteiger partial charge in [-0.3, -0.25) is 37.3 Å². The standard InChI is InChI=1S/C77H150O17P2/c1-9-70(8)56-48-40-31-25-21-17-14-15-19-23-27-33-43-51-59-76(81)93-73(64-88-75(80)58-50-42-36-35-39-47-55-69(6)7)66-92-96(85,86)90-62-71(78)61-89-95(83,84)91-65-72(94-77(82)60-52-44-34-28-30-38-46-54-68(4)5)63-87-74(79)57-49-41-32-26-22-18-13-11-10-12-16-20-24-29-37-45-53-67(2)3/h67-73,78H,9-66H2,1-8H3,(H,83,84)(H,85,86)/t70?,71-,72-,73-/m1/s1. The molecule has 0 radical (unpaired) electrons. The van der Waals surface area contributed by atoms with Crippen molar-refractivity contribution >= 4 is 39.5 Å². The third-order valence-corrected chi connectivity index (χ3v) is 20.1. The van der Waals surface area contributed by atoms with E-state index in [1.165, 1.54) is 186 Å². The molecule has 0 aliphatic heterocycles. The van der Waals surface area contributed by atoms with Crippen molar-refractivity contribution in [1.29, 1.82) is 0 Å². The number of phosphoric ester groups is 2. The van der Waals surface area contributed by atoms with Crippen LogP contribution in [0.25, 0.3) is 0 Å². The fourth-order valence-electron chi connectivity index (χ4n) is 11.7. The van der Waals surface area contributed by atoms with Crippen LogP contribution in [0.1, 0.15) is 389 Å². The largest absolute Gasteiger partial charge is 0.472 e. The quantitative estimate of drug-likeness (QED) is 0.0222. The average molecular weight is 1410 g/mol. The van der Waals surface area contributed by atoms with Crippen molar-refractivity contribution in [3.8, 4) is 0 Å². The number of aliphatic hydroxyl groups excluding tert-OH is 1. The smallest absolute Gasteiger partial charge is 0.462 e. The zero-order chi connectivity index (χ0) is 71.0. The molecule has 19 heteroatoms. The molecule has 0 aromatic rings. The van der Waals surface area contributed by atoms with Crippen LogP contribution in [-0.4, -0.2) is 96.7 Å². The van der Waals surface area contributed by atoms with E-state index in [1.807, 2.05) is 0 Å². The van der Waals surface area contributed by atoms with Crippen molar-refractivity contribution in [3.05, 3.63) is 0 Å². The fourth-order valence-corrected chi connectivity index (χ4v) is 13.3. The van der Waals surface area contributed by atoms with Crippen LogP contribution >= 0.6 is 15.6 Å². The van der Waals surface area contributed by atoms with Gasteiger partial charge in [0.15, 0.2) is 12.2 Å². The number of esters is 4. The minimum absolute atomic E-state index is 0.103. The average Bonchev–Trinajstić information content (AvgIpc) is 1.37. The molecule has 3 unspecified atom stereocenters. The molecule has 570 valence electrons. The van der Waals surface area contributed by atoms with E-state index in [0.717, 1.165) is 108 Å². The van der Waals surface area contributed by atoms with E-state index in [-0.39, 0.29) is 25.7 Å². The number of carbonyl (C=O) groups excluding carboxylic acids is 4. The van der Waals surface area contributed by atoms with Gasteiger partial charge >= 0.3 is 39.5 Å². The maximum Gasteiger partial charge on any atom is 0.472 e. The minimum atomic E-state index is -4.96. The minimum Gasteiger partial charge on any atom is -0.462 e. The SMILES string of the molecule is CCC(C)CCCCCCCCCCCCCCCCC(=O)O[C@H](COC(=O)CCCCCCCCC(C)C)COP(=O)(O)OC[C@H](O)COP(=O)(O)OC[C@@H](COC(=O)CCCCCCCCCCCCCCCCCCC(C)C)OC(=O)CCCCCCCCCC(C)C. The van der Waals surface area contributed by atoms with Crippen molar-refractivity contribution in [2.75, 3.05) is 39.6 Å². The molecular formula is C77H150O17P2. The van der Waals surface area contributed by atoms with E-state index >= 15 is 0 Å². The number of carbonyl (C=O) groups is 4. The summed E-state index contributed by atoms with van der Waals surface area (Å²) in [4.78, 5) is 72.7. The van der Waals surface area contributed by atoms with Gasteiger partial charge in [0.25, 0.3) is 0 Å². The lowest BCUT2D eigenvalue weighted by molar-refractivity contribution is -0.161. The Morgan fingerprint density at radius 1 is 0.292 bits per heavy atom. The molecule has 0 heterocycles. The maximum atomic E-state index is 13.1. The summed E-state index contributed by atoms with van der Waals surface area (Å²) in [5, 5.41) is 10.6. The van der Waals surface area contributed by atoms with Gasteiger partial charge in [0.05, 0.1) is 26.4 Å². The Morgan fingerprint density at radius 2 is 0.500 bits per heavy atom. The first-order valence-corrected chi connectivity index (χ1v) is 42.7. The highest BCUT2D eigenvalue weighted by Gasteiger charge is 2.30. The zero-order valence-electron chi connectivity index (χ0n) is 63.0. The molecular weight excluding hydrogens is 1260 g/mol. The maximum absolute atomic E-state index is 13.1. The van der Waals surface area contributed by atoms with Gasteiger partial charge in [0, 0.05) is 25.7 Å². The van der Waals surface area contributed by atoms with Gasteiger partial charge in [-0.2, -0.15) is 0 Å². The molecule has 17 nitrogen and oxygen atoms in total. The van der Waals surface area contributed by atoms with Crippen LogP contribution in [-0.2, 0) is 65.4 Å². The van der Waals surface area contributed by atoms with Crippen LogP contribution in [0.5, 0.6) is 0 Å². The second kappa shape index (κ2) is 66.3. The van der Waals surface area contributed by atoms with E-state index in [4.69, 9.17) is 37.0 Å². The lowest BCUT2D eigenvalue weighted by atomic mass is 9.99. The molecule has 96 heavy (non-hydrogen) atoms. The molecule has 3 N–H and O–H groups in total. The molecule has 0 aromatic carbocycles. The molecule has 0 rings (SSSR count). The number of rotatable bonds is 74. The van der Waals surface area contributed by atoms with Crippen LogP contribution in [0.2, 0.25) is 0 Å². The molecule has 0 saturated carbocycles. The van der Waals surface area contributed by atoms with Gasteiger partial charge in [-0.15, -0.1) is 0 Å². The van der Waals surface area contributed by atoms with Gasteiger partial charge in [-0.1, -0.05) is 338 Å². The van der Waals surface area contributed by atoms with Crippen LogP contribution in [0, 0.1) is 23.7 Å². The highest BCUT2D eigenvalue weighted by Crippen LogP contribution is 2.45. The number of unbranched alkanes of at least 4 members (excludes halogenated alkanes) is 39. The molecule has 0 amide bonds. The van der Waals surface area contributed by atoms with Crippen molar-refractivity contribution < 1.29 is 80.2 Å². The van der Waals surface area contributed by atoms with Crippen molar-refractivity contribution in [1.82, 2.24) is 0 Å². The molecule has 0 bridgehead atoms. The molecule has 0 aromatic heterocycles. The third-order valence-electron chi connectivity index (χ3n) is 18.2. The molecule has 0 saturated heterocycles. The molecule has 6 atom stereocenters. The summed E-state index contributed by atoms with van der Waals surface area (Å²) in [6, 6.07) is 0. The van der Waals surface area contributed by atoms with Crippen LogP contribution < -0.4 is 0 Å². The Bertz CT molecular complexity index is 1890. The van der Waals surface area contributed by atoms with Gasteiger partial charge < -0.3 is 33.8 Å². The topological polar surface area (TPSA) is 237 Å². The number of ether oxygens (including phenoxy) is 4. The van der Waals surface area contributed by atoms with E-state index in [9.17, 15) is 43.2 Å². The van der Waals surface area contributed by atoms with Crippen LogP contribution in [0.15, 0.2) is 0 Å². The molecule has 0 fully saturated rings. The summed E-state index contributed by atoms with van der Waals surface area (Å²) in [7, 11) is -9.91. The van der Waals surface area contributed by atoms with Crippen molar-refractivity contribution in [2.45, 2.75) is 408 Å². The molecule has 0 aliphatic rings. The number of hydrogen-bond acceptors (Lipinski definition) is 15. The summed E-state index contributed by atoms with van der Waals surface area (Å²) in [6.07, 6.45) is 51.6. The fraction of sp³-hybridized carbons (Fsp3) is 0.948. The van der Waals surface area contributed by atoms with Crippen molar-refractivity contribution in [3.63, 3.8) is 0 Å². The summed E-state index contributed by atoms with van der Waals surface area (Å²) in [5.74, 6) is 0.909. The second-order valence-electron chi connectivity index (χ2n) is 29.4. The van der Waals surface area contributed by atoms with Gasteiger partial charge in [-0.05, 0) is 49.4 Å². The Kier molecular flexibility index (Phi) is 65.0. The first-order chi connectivity index (χ1) is 46.1. The zero-order valence-corrected chi connectivity index (χ0v) is 64.8. The van der Waals surface area contributed by atoms with Crippen molar-refractivity contribution in [2.24, 2.45) is 23.7 Å². The van der Waals surface area contributed by atoms with Gasteiger partial charge in [0.1, 0.15) is 19.3 Å². The Balaban J connectivity index is 5.15. The first-order valence-electron chi connectivity index (χ1n) is 39.7. The van der Waals surface area contributed by atoms with Gasteiger partial charge in [0.2, 0.25) is 0 Å². The number of aliphatic hydroxyl groups is 1. The summed E-state index contributed by atoms with van der Waals surface area (Å²) in [6.45, 7) is 14.1. The second-order valence-corrected chi connectivity index (χ2v) is 32.3. The Labute approximate surface area is 588 Å². The highest BCUT2D eigenvalue weighted by atomic mass is 31.2. The summed E-state index contributed by atoms with van der Waals surface area (Å²) in [5.41, 5.74) is 0. The molecule has 0 spiro atoms. The van der Waals surface area contributed by atoms with E-state index in [0.29, 0.717) is 37.5 Å². The lowest BCUT2D eigenvalue weighted by Crippen LogP contribution is -2.30. The number of hydrogen-bond donors (Lipinski definition) is 3. The monoisotopic (exact) mass is 1410 g/mol. The van der Waals surface area contributed by atoms with E-state index in [2.05, 4.69) is 55.4 Å². The lowest BCUT2D eigenvalue weighted by Gasteiger charge is -2.21. The van der Waals surface area contributed by atoms with E-state index < -0.39 is 97.5 Å². The first kappa shape index (κ1) is 94.1. The summed E-state index contributed by atoms with van der Waals surface area (Å²) < 4.78 is 68.5. The van der Waals surface area contributed by atoms with Gasteiger partial charge in [-0.25, -0.2) is 9.13 Å². The predicted molar refractivity (Wildman–Crippen MR) is 391 cm³/mol. The Morgan fingerprint density at radius 3 is 0.740 bits per heavy atom. The highest BCUT2D eigenvalue weighted by molar-refractivity contribution is 7.47. The van der Waals surface area contributed by atoms with Crippen LogP contribution in [0.4, 0.5) is 0 Å². The third kappa shape index (κ3) is 69.2. The Hall–Kier alpha value is -1.94. The number of phosphoric acid groups is 2. The van der Waals surface area contributed by atoms with Crippen LogP contribution in [0.3, 0.4) is 0 Å². The molecule has 0 aliphatic carbocycles. The normalized spacial score (nSPS) is 14.4. The predicted octanol–water partition coefficient (Wildman–Crippen LogP) is 22.4.